The van der Waals surface area contributed by atoms with E-state index in [9.17, 15) is 9.59 Å². The lowest BCUT2D eigenvalue weighted by Gasteiger charge is -2.20. The van der Waals surface area contributed by atoms with Crippen LogP contribution in [-0.4, -0.2) is 23.6 Å². The van der Waals surface area contributed by atoms with Crippen LogP contribution in [0.3, 0.4) is 0 Å². The smallest absolute Gasteiger partial charge is 0.254 e. The number of rotatable bonds is 5. The third-order valence-corrected chi connectivity index (χ3v) is 2.78. The van der Waals surface area contributed by atoms with Crippen LogP contribution in [0.15, 0.2) is 60.7 Å². The van der Waals surface area contributed by atoms with Crippen molar-refractivity contribution in [3.8, 4) is 0 Å². The Labute approximate surface area is 112 Å². The molecule has 0 N–H and O–H groups in total. The second-order valence-corrected chi connectivity index (χ2v) is 4.16. The molecule has 1 radical (unpaired) electrons. The number of nitrogens with zero attached hydrogens (tertiary/aromatic N) is 1. The largest absolute Gasteiger partial charge is 0.326 e. The Morgan fingerprint density at radius 3 is 2.11 bits per heavy atom. The minimum absolute atomic E-state index is 0.0252. The van der Waals surface area contributed by atoms with Crippen molar-refractivity contribution >= 4 is 12.2 Å². The zero-order valence-corrected chi connectivity index (χ0v) is 10.5. The molecule has 19 heavy (non-hydrogen) atoms. The molecule has 0 atom stereocenters. The van der Waals surface area contributed by atoms with Gasteiger partial charge < -0.3 is 4.90 Å². The first kappa shape index (κ1) is 13.0. The summed E-state index contributed by atoms with van der Waals surface area (Å²) in [6.07, 6.45) is 1.79. The van der Waals surface area contributed by atoms with Crippen LogP contribution in [0, 0.1) is 0 Å². The fourth-order valence-electron chi connectivity index (χ4n) is 1.84. The molecule has 0 spiro atoms. The summed E-state index contributed by atoms with van der Waals surface area (Å²) >= 11 is 0. The standard InChI is InChI=1S/C16H14NO2/c18-12-11-17(13-14-7-3-1-4-8-14)16(19)15-9-5-2-6-10-15/h1-10H,11,13H2. The third kappa shape index (κ3) is 3.52. The van der Waals surface area contributed by atoms with Crippen LogP contribution < -0.4 is 0 Å². The van der Waals surface area contributed by atoms with Crippen LogP contribution >= 0.6 is 0 Å². The first-order valence-electron chi connectivity index (χ1n) is 6.04. The van der Waals surface area contributed by atoms with Crippen LogP contribution in [0.4, 0.5) is 0 Å². The molecular weight excluding hydrogens is 238 g/mol. The summed E-state index contributed by atoms with van der Waals surface area (Å²) in [5.41, 5.74) is 1.57. The molecule has 3 heteroatoms. The molecule has 0 saturated carbocycles. The Morgan fingerprint density at radius 2 is 1.53 bits per heavy atom. The average Bonchev–Trinajstić information content (AvgIpc) is 2.48. The molecule has 0 aliphatic rings. The first-order valence-corrected chi connectivity index (χ1v) is 6.04. The lowest BCUT2D eigenvalue weighted by Crippen LogP contribution is -2.32. The number of hydrogen-bond donors (Lipinski definition) is 0. The van der Waals surface area contributed by atoms with E-state index >= 15 is 0 Å². The summed E-state index contributed by atoms with van der Waals surface area (Å²) in [5.74, 6) is -0.159. The predicted molar refractivity (Wildman–Crippen MR) is 73.3 cm³/mol. The van der Waals surface area contributed by atoms with E-state index in [0.29, 0.717) is 12.1 Å². The molecule has 0 heterocycles. The van der Waals surface area contributed by atoms with Crippen LogP contribution in [-0.2, 0) is 11.3 Å². The van der Waals surface area contributed by atoms with E-state index in [4.69, 9.17) is 0 Å². The van der Waals surface area contributed by atoms with E-state index in [1.807, 2.05) is 36.4 Å². The van der Waals surface area contributed by atoms with Gasteiger partial charge in [0.2, 0.25) is 6.29 Å². The van der Waals surface area contributed by atoms with Crippen molar-refractivity contribution in [1.29, 1.82) is 0 Å². The van der Waals surface area contributed by atoms with Crippen molar-refractivity contribution in [3.05, 3.63) is 71.8 Å². The van der Waals surface area contributed by atoms with Gasteiger partial charge in [-0.3, -0.25) is 9.59 Å². The normalized spacial score (nSPS) is 9.89. The van der Waals surface area contributed by atoms with Gasteiger partial charge in [-0.05, 0) is 17.7 Å². The topological polar surface area (TPSA) is 37.4 Å². The number of carbonyl (C=O) groups excluding carboxylic acids is 2. The maximum absolute atomic E-state index is 12.3. The summed E-state index contributed by atoms with van der Waals surface area (Å²) in [6, 6.07) is 18.5. The Morgan fingerprint density at radius 1 is 0.947 bits per heavy atom. The van der Waals surface area contributed by atoms with Crippen molar-refractivity contribution in [3.63, 3.8) is 0 Å². The summed E-state index contributed by atoms with van der Waals surface area (Å²) in [4.78, 5) is 24.4. The number of amides is 1. The van der Waals surface area contributed by atoms with Gasteiger partial charge in [-0.15, -0.1) is 0 Å². The minimum atomic E-state index is -0.159. The fourth-order valence-corrected chi connectivity index (χ4v) is 1.84. The number of carbonyl (C=O) groups is 1. The van der Waals surface area contributed by atoms with Gasteiger partial charge in [0, 0.05) is 12.1 Å². The highest BCUT2D eigenvalue weighted by Gasteiger charge is 2.15. The SMILES string of the molecule is O=[C]CN(Cc1ccccc1)C(=O)c1ccccc1. The van der Waals surface area contributed by atoms with Crippen LogP contribution in [0.5, 0.6) is 0 Å². The fraction of sp³-hybridized carbons (Fsp3) is 0.125. The van der Waals surface area contributed by atoms with E-state index in [2.05, 4.69) is 0 Å². The maximum Gasteiger partial charge on any atom is 0.254 e. The van der Waals surface area contributed by atoms with E-state index < -0.39 is 0 Å². The molecule has 2 aromatic carbocycles. The molecule has 95 valence electrons. The van der Waals surface area contributed by atoms with Gasteiger partial charge in [0.05, 0.1) is 6.54 Å². The monoisotopic (exact) mass is 252 g/mol. The zero-order valence-electron chi connectivity index (χ0n) is 10.5. The lowest BCUT2D eigenvalue weighted by molar-refractivity contribution is 0.0767. The molecular formula is C16H14NO2. The van der Waals surface area contributed by atoms with Gasteiger partial charge in [0.15, 0.2) is 0 Å². The second-order valence-electron chi connectivity index (χ2n) is 4.16. The molecule has 2 rings (SSSR count). The molecule has 1 amide bonds. The van der Waals surface area contributed by atoms with Crippen LogP contribution in [0.1, 0.15) is 15.9 Å². The minimum Gasteiger partial charge on any atom is -0.326 e. The molecule has 0 aliphatic heterocycles. The highest BCUT2D eigenvalue weighted by molar-refractivity contribution is 5.95. The van der Waals surface area contributed by atoms with Gasteiger partial charge in [-0.25, -0.2) is 0 Å². The zero-order chi connectivity index (χ0) is 13.5. The van der Waals surface area contributed by atoms with Crippen LogP contribution in [0.2, 0.25) is 0 Å². The lowest BCUT2D eigenvalue weighted by atomic mass is 10.1. The summed E-state index contributed by atoms with van der Waals surface area (Å²) in [6.45, 7) is 0.381. The van der Waals surface area contributed by atoms with E-state index in [1.54, 1.807) is 30.6 Å². The van der Waals surface area contributed by atoms with Crippen molar-refractivity contribution < 1.29 is 9.59 Å². The number of benzene rings is 2. The van der Waals surface area contributed by atoms with Gasteiger partial charge in [-0.1, -0.05) is 48.5 Å². The Hall–Kier alpha value is -2.42. The Balaban J connectivity index is 2.16. The van der Waals surface area contributed by atoms with Crippen molar-refractivity contribution in [2.24, 2.45) is 0 Å². The highest BCUT2D eigenvalue weighted by atomic mass is 16.2. The van der Waals surface area contributed by atoms with Gasteiger partial charge in [-0.2, -0.15) is 0 Å². The summed E-state index contributed by atoms with van der Waals surface area (Å²) in [5, 5.41) is 0. The van der Waals surface area contributed by atoms with Gasteiger partial charge in [0.25, 0.3) is 5.91 Å². The van der Waals surface area contributed by atoms with E-state index in [-0.39, 0.29) is 12.5 Å². The Kier molecular flexibility index (Phi) is 4.45. The van der Waals surface area contributed by atoms with Gasteiger partial charge >= 0.3 is 0 Å². The molecule has 2 aromatic rings. The average molecular weight is 252 g/mol. The van der Waals surface area contributed by atoms with Crippen LogP contribution in [0.25, 0.3) is 0 Å². The molecule has 0 fully saturated rings. The molecule has 0 aliphatic carbocycles. The summed E-state index contributed by atoms with van der Waals surface area (Å²) < 4.78 is 0. The highest BCUT2D eigenvalue weighted by Crippen LogP contribution is 2.09. The van der Waals surface area contributed by atoms with E-state index in [1.165, 1.54) is 4.90 Å². The first-order chi connectivity index (χ1) is 9.31. The third-order valence-electron chi connectivity index (χ3n) is 2.78. The predicted octanol–water partition coefficient (Wildman–Crippen LogP) is 2.44. The van der Waals surface area contributed by atoms with Crippen molar-refractivity contribution in [1.82, 2.24) is 4.90 Å². The second kappa shape index (κ2) is 6.50. The molecule has 0 bridgehead atoms. The number of hydrogen-bond acceptors (Lipinski definition) is 2. The van der Waals surface area contributed by atoms with Crippen molar-refractivity contribution in [2.45, 2.75) is 6.54 Å². The molecule has 0 aromatic heterocycles. The van der Waals surface area contributed by atoms with Gasteiger partial charge in [0.1, 0.15) is 0 Å². The summed E-state index contributed by atoms with van der Waals surface area (Å²) in [7, 11) is 0. The quantitative estimate of drug-likeness (QED) is 0.819. The molecule has 0 unspecified atom stereocenters. The van der Waals surface area contributed by atoms with E-state index in [0.717, 1.165) is 5.56 Å². The maximum atomic E-state index is 12.3. The molecule has 3 nitrogen and oxygen atoms in total. The van der Waals surface area contributed by atoms with Crippen molar-refractivity contribution in [2.75, 3.05) is 6.54 Å². The Bertz CT molecular complexity index is 537. The molecule has 0 saturated heterocycles.